The Balaban J connectivity index is 1.49. The first-order valence-corrected chi connectivity index (χ1v) is 11.7. The highest BCUT2D eigenvalue weighted by atomic mass is 32.2. The number of hydrogen-bond donors (Lipinski definition) is 1. The maximum absolute atomic E-state index is 12.8. The lowest BCUT2D eigenvalue weighted by atomic mass is 10.1. The fourth-order valence-corrected chi connectivity index (χ4v) is 5.32. The number of nitrogens with zero attached hydrogens (tertiary/aromatic N) is 3. The van der Waals surface area contributed by atoms with Crippen molar-refractivity contribution in [2.75, 3.05) is 13.1 Å². The van der Waals surface area contributed by atoms with Gasteiger partial charge in [0.15, 0.2) is 0 Å². The molecule has 162 valence electrons. The van der Waals surface area contributed by atoms with E-state index in [9.17, 15) is 18.0 Å². The van der Waals surface area contributed by atoms with Gasteiger partial charge >= 0.3 is 0 Å². The van der Waals surface area contributed by atoms with Gasteiger partial charge in [-0.3, -0.25) is 9.59 Å². The van der Waals surface area contributed by atoms with Crippen LogP contribution in [0.1, 0.15) is 35.3 Å². The number of fused-ring (bicyclic) bond motifs is 1. The van der Waals surface area contributed by atoms with Crippen LogP contribution in [0, 0.1) is 0 Å². The summed E-state index contributed by atoms with van der Waals surface area (Å²) >= 11 is 0. The summed E-state index contributed by atoms with van der Waals surface area (Å²) in [6.07, 6.45) is 2.78. The molecule has 0 spiro atoms. The van der Waals surface area contributed by atoms with Crippen molar-refractivity contribution < 1.29 is 13.2 Å². The number of aromatic nitrogens is 2. The smallest absolute Gasteiger partial charge is 0.274 e. The van der Waals surface area contributed by atoms with E-state index >= 15 is 0 Å². The van der Waals surface area contributed by atoms with Crippen LogP contribution in [0.4, 0.5) is 0 Å². The quantitative estimate of drug-likeness (QED) is 0.654. The second-order valence-corrected chi connectivity index (χ2v) is 9.53. The molecule has 2 aromatic carbocycles. The largest absolute Gasteiger partial charge is 0.346 e. The predicted octanol–water partition coefficient (Wildman–Crippen LogP) is 2.04. The summed E-state index contributed by atoms with van der Waals surface area (Å²) in [6.45, 7) is 1.21. The van der Waals surface area contributed by atoms with Gasteiger partial charge in [-0.05, 0) is 43.2 Å². The third-order valence-electron chi connectivity index (χ3n) is 5.52. The monoisotopic (exact) mass is 440 g/mol. The summed E-state index contributed by atoms with van der Waals surface area (Å²) < 4.78 is 28.3. The number of nitrogens with one attached hydrogen (secondary N) is 1. The highest BCUT2D eigenvalue weighted by molar-refractivity contribution is 7.89. The van der Waals surface area contributed by atoms with Crippen molar-refractivity contribution in [2.24, 2.45) is 7.05 Å². The molecule has 4 rings (SSSR count). The van der Waals surface area contributed by atoms with Gasteiger partial charge < -0.3 is 5.32 Å². The lowest BCUT2D eigenvalue weighted by molar-refractivity contribution is 0.0950. The molecular weight excluding hydrogens is 416 g/mol. The van der Waals surface area contributed by atoms with E-state index in [0.717, 1.165) is 19.3 Å². The van der Waals surface area contributed by atoms with E-state index in [4.69, 9.17) is 0 Å². The van der Waals surface area contributed by atoms with Gasteiger partial charge in [-0.15, -0.1) is 0 Å². The zero-order valence-corrected chi connectivity index (χ0v) is 18.1. The zero-order chi connectivity index (χ0) is 22.0. The molecule has 9 heteroatoms. The van der Waals surface area contributed by atoms with Gasteiger partial charge in [0.1, 0.15) is 0 Å². The Bertz CT molecular complexity index is 1280. The van der Waals surface area contributed by atoms with Crippen LogP contribution in [-0.4, -0.2) is 41.5 Å². The molecule has 2 heterocycles. The zero-order valence-electron chi connectivity index (χ0n) is 17.2. The maximum Gasteiger partial charge on any atom is 0.274 e. The minimum absolute atomic E-state index is 0.140. The van der Waals surface area contributed by atoms with Crippen molar-refractivity contribution in [3.8, 4) is 0 Å². The SMILES string of the molecule is Cn1nc(CNC(=O)c2ccc(S(=O)(=O)N3CCCCC3)cc2)c2ccccc2c1=O. The van der Waals surface area contributed by atoms with Crippen LogP contribution in [0.25, 0.3) is 10.8 Å². The van der Waals surface area contributed by atoms with Gasteiger partial charge in [0.2, 0.25) is 10.0 Å². The average Bonchev–Trinajstić information content (AvgIpc) is 2.81. The number of benzene rings is 2. The van der Waals surface area contributed by atoms with E-state index in [1.165, 1.54) is 33.3 Å². The molecule has 1 aliphatic rings. The molecule has 1 fully saturated rings. The van der Waals surface area contributed by atoms with E-state index in [0.29, 0.717) is 35.1 Å². The molecule has 0 unspecified atom stereocenters. The highest BCUT2D eigenvalue weighted by Gasteiger charge is 2.26. The molecule has 31 heavy (non-hydrogen) atoms. The molecule has 1 N–H and O–H groups in total. The summed E-state index contributed by atoms with van der Waals surface area (Å²) in [5.74, 6) is -0.346. The van der Waals surface area contributed by atoms with Crippen LogP contribution in [0.3, 0.4) is 0 Å². The van der Waals surface area contributed by atoms with Crippen molar-refractivity contribution >= 4 is 26.7 Å². The second-order valence-electron chi connectivity index (χ2n) is 7.59. The summed E-state index contributed by atoms with van der Waals surface area (Å²) in [4.78, 5) is 25.0. The van der Waals surface area contributed by atoms with Crippen LogP contribution in [0.15, 0.2) is 58.2 Å². The number of aryl methyl sites for hydroxylation is 1. The molecule has 1 amide bonds. The molecule has 1 aromatic heterocycles. The number of hydrogen-bond acceptors (Lipinski definition) is 5. The Morgan fingerprint density at radius 1 is 1.00 bits per heavy atom. The third-order valence-corrected chi connectivity index (χ3v) is 7.43. The lowest BCUT2D eigenvalue weighted by Crippen LogP contribution is -2.35. The normalized spacial score (nSPS) is 15.1. The molecule has 0 atom stereocenters. The molecule has 0 saturated carbocycles. The fraction of sp³-hybridized carbons (Fsp3) is 0.318. The Morgan fingerprint density at radius 3 is 2.32 bits per heavy atom. The summed E-state index contributed by atoms with van der Waals surface area (Å²) in [6, 6.07) is 13.1. The lowest BCUT2D eigenvalue weighted by Gasteiger charge is -2.25. The highest BCUT2D eigenvalue weighted by Crippen LogP contribution is 2.21. The van der Waals surface area contributed by atoms with Crippen molar-refractivity contribution in [1.29, 1.82) is 0 Å². The van der Waals surface area contributed by atoms with Gasteiger partial charge in [-0.2, -0.15) is 9.40 Å². The van der Waals surface area contributed by atoms with Gasteiger partial charge in [-0.1, -0.05) is 24.6 Å². The van der Waals surface area contributed by atoms with Crippen LogP contribution in [-0.2, 0) is 23.6 Å². The van der Waals surface area contributed by atoms with Crippen molar-refractivity contribution in [1.82, 2.24) is 19.4 Å². The second kappa shape index (κ2) is 8.60. The number of rotatable bonds is 5. The number of carbonyl (C=O) groups is 1. The average molecular weight is 441 g/mol. The van der Waals surface area contributed by atoms with E-state index in [1.807, 2.05) is 6.07 Å². The molecular formula is C22H24N4O4S. The molecule has 0 bridgehead atoms. The molecule has 1 aliphatic heterocycles. The van der Waals surface area contributed by atoms with Crippen molar-refractivity contribution in [2.45, 2.75) is 30.7 Å². The van der Waals surface area contributed by atoms with E-state index < -0.39 is 10.0 Å². The molecule has 3 aromatic rings. The van der Waals surface area contributed by atoms with E-state index in [2.05, 4.69) is 10.4 Å². The van der Waals surface area contributed by atoms with Gasteiger partial charge in [-0.25, -0.2) is 13.1 Å². The Morgan fingerprint density at radius 2 is 1.65 bits per heavy atom. The van der Waals surface area contributed by atoms with Crippen molar-refractivity contribution in [3.63, 3.8) is 0 Å². The minimum atomic E-state index is -3.53. The van der Waals surface area contributed by atoms with Crippen molar-refractivity contribution in [3.05, 3.63) is 70.1 Å². The molecule has 8 nitrogen and oxygen atoms in total. The summed E-state index contributed by atoms with van der Waals surface area (Å²) in [5, 5.41) is 8.30. The number of sulfonamides is 1. The fourth-order valence-electron chi connectivity index (χ4n) is 3.81. The van der Waals surface area contributed by atoms with Crippen LogP contribution in [0.5, 0.6) is 0 Å². The molecule has 1 saturated heterocycles. The number of amides is 1. The maximum atomic E-state index is 12.8. The first-order valence-electron chi connectivity index (χ1n) is 10.2. The predicted molar refractivity (Wildman–Crippen MR) is 117 cm³/mol. The third kappa shape index (κ3) is 4.24. The first-order chi connectivity index (χ1) is 14.9. The van der Waals surface area contributed by atoms with Crippen LogP contribution < -0.4 is 10.9 Å². The Hall–Kier alpha value is -3.04. The van der Waals surface area contributed by atoms with Crippen LogP contribution >= 0.6 is 0 Å². The summed E-state index contributed by atoms with van der Waals surface area (Å²) in [5.41, 5.74) is 0.734. The summed E-state index contributed by atoms with van der Waals surface area (Å²) in [7, 11) is -1.96. The molecule has 0 radical (unpaired) electrons. The Kier molecular flexibility index (Phi) is 5.88. The van der Waals surface area contributed by atoms with Crippen LogP contribution in [0.2, 0.25) is 0 Å². The van der Waals surface area contributed by atoms with Gasteiger partial charge in [0.25, 0.3) is 11.5 Å². The van der Waals surface area contributed by atoms with E-state index in [-0.39, 0.29) is 22.9 Å². The number of piperidine rings is 1. The molecule has 0 aliphatic carbocycles. The number of carbonyl (C=O) groups excluding carboxylic acids is 1. The Labute approximate surface area is 180 Å². The topological polar surface area (TPSA) is 101 Å². The standard InChI is InChI=1S/C22H24N4O4S/c1-25-22(28)19-8-4-3-7-18(19)20(24-25)15-23-21(27)16-9-11-17(12-10-16)31(29,30)26-13-5-2-6-14-26/h3-4,7-12H,2,5-6,13-15H2,1H3,(H,23,27). The van der Waals surface area contributed by atoms with Gasteiger partial charge in [0.05, 0.1) is 22.5 Å². The van der Waals surface area contributed by atoms with E-state index in [1.54, 1.807) is 25.2 Å². The first kappa shape index (κ1) is 21.2. The van der Waals surface area contributed by atoms with Gasteiger partial charge in [0, 0.05) is 31.1 Å². The minimum Gasteiger partial charge on any atom is -0.346 e.